The zero-order valence-electron chi connectivity index (χ0n) is 16.7. The number of amides is 1. The monoisotopic (exact) mass is 471 g/mol. The molecule has 1 aliphatic rings. The first kappa shape index (κ1) is 21.9. The van der Waals surface area contributed by atoms with Gasteiger partial charge in [0.2, 0.25) is 0 Å². The van der Waals surface area contributed by atoms with E-state index >= 15 is 0 Å². The van der Waals surface area contributed by atoms with Crippen LogP contribution in [0.4, 0.5) is 10.1 Å². The Morgan fingerprint density at radius 3 is 2.38 bits per heavy atom. The largest absolute Gasteiger partial charge is 0.507 e. The van der Waals surface area contributed by atoms with Crippen LogP contribution in [0.3, 0.4) is 0 Å². The highest BCUT2D eigenvalue weighted by molar-refractivity contribution is 6.52. The van der Waals surface area contributed by atoms with Gasteiger partial charge >= 0.3 is 0 Å². The summed E-state index contributed by atoms with van der Waals surface area (Å²) in [6, 6.07) is 15.8. The van der Waals surface area contributed by atoms with E-state index in [9.17, 15) is 19.1 Å². The Bertz CT molecular complexity index is 1260. The van der Waals surface area contributed by atoms with Gasteiger partial charge in [0.15, 0.2) is 0 Å². The molecule has 3 aromatic carbocycles. The Morgan fingerprint density at radius 1 is 1.03 bits per heavy atom. The standard InChI is InChI=1S/C24H16Cl2FNO4/c1-32-19-5-3-2-4-16(19)22(29)20-21(13-6-8-14(25)9-7-13)28(24(31)23(20)30)15-10-11-18(27)17(26)12-15/h2-12,21,29H,1H3/b22-20+. The summed E-state index contributed by atoms with van der Waals surface area (Å²) < 4.78 is 19.1. The molecule has 0 radical (unpaired) electrons. The van der Waals surface area contributed by atoms with Crippen molar-refractivity contribution in [3.63, 3.8) is 0 Å². The van der Waals surface area contributed by atoms with Crippen LogP contribution in [0.15, 0.2) is 72.3 Å². The van der Waals surface area contributed by atoms with Gasteiger partial charge in [-0.05, 0) is 48.0 Å². The normalized spacial score (nSPS) is 17.6. The van der Waals surface area contributed by atoms with Crippen molar-refractivity contribution in [2.24, 2.45) is 0 Å². The van der Waals surface area contributed by atoms with E-state index in [2.05, 4.69) is 0 Å². The predicted octanol–water partition coefficient (Wildman–Crippen LogP) is 5.77. The van der Waals surface area contributed by atoms with E-state index in [1.54, 1.807) is 48.5 Å². The highest BCUT2D eigenvalue weighted by Gasteiger charge is 2.47. The van der Waals surface area contributed by atoms with Crippen LogP contribution >= 0.6 is 23.2 Å². The van der Waals surface area contributed by atoms with Gasteiger partial charge in [-0.3, -0.25) is 14.5 Å². The van der Waals surface area contributed by atoms with Gasteiger partial charge in [0, 0.05) is 10.7 Å². The van der Waals surface area contributed by atoms with Gasteiger partial charge < -0.3 is 9.84 Å². The summed E-state index contributed by atoms with van der Waals surface area (Å²) in [6.45, 7) is 0. The second kappa shape index (κ2) is 8.65. The molecule has 1 unspecified atom stereocenters. The fourth-order valence-electron chi connectivity index (χ4n) is 3.68. The molecule has 0 bridgehead atoms. The molecule has 32 heavy (non-hydrogen) atoms. The van der Waals surface area contributed by atoms with Crippen LogP contribution in [-0.2, 0) is 9.59 Å². The number of hydrogen-bond acceptors (Lipinski definition) is 4. The van der Waals surface area contributed by atoms with E-state index in [4.69, 9.17) is 27.9 Å². The highest BCUT2D eigenvalue weighted by atomic mass is 35.5. The molecule has 1 N–H and O–H groups in total. The summed E-state index contributed by atoms with van der Waals surface area (Å²) in [7, 11) is 1.43. The number of para-hydroxylation sites is 1. The number of nitrogens with zero attached hydrogens (tertiary/aromatic N) is 1. The lowest BCUT2D eigenvalue weighted by Gasteiger charge is -2.25. The number of carbonyl (C=O) groups excluding carboxylic acids is 2. The number of aliphatic hydroxyl groups excluding tert-OH is 1. The first-order chi connectivity index (χ1) is 15.3. The zero-order chi connectivity index (χ0) is 23.0. The van der Waals surface area contributed by atoms with Crippen LogP contribution < -0.4 is 9.64 Å². The Labute approximate surface area is 193 Å². The number of halogens is 3. The third-order valence-electron chi connectivity index (χ3n) is 5.17. The van der Waals surface area contributed by atoms with Gasteiger partial charge in [-0.2, -0.15) is 0 Å². The smallest absolute Gasteiger partial charge is 0.300 e. The van der Waals surface area contributed by atoms with Gasteiger partial charge in [0.05, 0.1) is 29.3 Å². The van der Waals surface area contributed by atoms with Crippen molar-refractivity contribution < 1.29 is 23.8 Å². The van der Waals surface area contributed by atoms with Crippen LogP contribution in [0.25, 0.3) is 5.76 Å². The fraction of sp³-hybridized carbons (Fsp3) is 0.0833. The molecular formula is C24H16Cl2FNO4. The second-order valence-corrected chi connectivity index (χ2v) is 7.86. The molecule has 0 saturated carbocycles. The third-order valence-corrected chi connectivity index (χ3v) is 5.72. The maximum atomic E-state index is 13.8. The molecule has 0 aliphatic carbocycles. The van der Waals surface area contributed by atoms with Crippen molar-refractivity contribution in [1.29, 1.82) is 0 Å². The van der Waals surface area contributed by atoms with E-state index in [1.807, 2.05) is 0 Å². The number of rotatable bonds is 4. The summed E-state index contributed by atoms with van der Waals surface area (Å²) in [6.07, 6.45) is 0. The molecule has 1 aliphatic heterocycles. The lowest BCUT2D eigenvalue weighted by atomic mass is 9.95. The molecule has 162 valence electrons. The van der Waals surface area contributed by atoms with E-state index in [-0.39, 0.29) is 21.8 Å². The average molecular weight is 472 g/mol. The summed E-state index contributed by atoms with van der Waals surface area (Å²) >= 11 is 11.9. The number of Topliss-reactive ketones (excluding diaryl/α,β-unsaturated/α-hetero) is 1. The van der Waals surface area contributed by atoms with E-state index in [1.165, 1.54) is 24.1 Å². The van der Waals surface area contributed by atoms with Gasteiger partial charge in [-0.25, -0.2) is 4.39 Å². The van der Waals surface area contributed by atoms with Gasteiger partial charge in [-0.15, -0.1) is 0 Å². The van der Waals surface area contributed by atoms with Crippen LogP contribution in [0, 0.1) is 5.82 Å². The molecule has 4 rings (SSSR count). The molecule has 1 amide bonds. The van der Waals surface area contributed by atoms with E-state index in [0.29, 0.717) is 16.3 Å². The van der Waals surface area contributed by atoms with Crippen molar-refractivity contribution in [2.45, 2.75) is 6.04 Å². The predicted molar refractivity (Wildman–Crippen MR) is 121 cm³/mol. The van der Waals surface area contributed by atoms with E-state index < -0.39 is 29.3 Å². The summed E-state index contributed by atoms with van der Waals surface area (Å²) in [5.41, 5.74) is 0.842. The van der Waals surface area contributed by atoms with Gasteiger partial charge in [0.1, 0.15) is 17.3 Å². The first-order valence-electron chi connectivity index (χ1n) is 9.48. The van der Waals surface area contributed by atoms with Gasteiger partial charge in [0.25, 0.3) is 11.7 Å². The fourth-order valence-corrected chi connectivity index (χ4v) is 3.98. The summed E-state index contributed by atoms with van der Waals surface area (Å²) in [5, 5.41) is 11.4. The minimum Gasteiger partial charge on any atom is -0.507 e. The van der Waals surface area contributed by atoms with Crippen LogP contribution in [0.2, 0.25) is 10.0 Å². The van der Waals surface area contributed by atoms with Crippen LogP contribution in [-0.4, -0.2) is 23.9 Å². The molecular weight excluding hydrogens is 456 g/mol. The SMILES string of the molecule is COc1ccccc1/C(O)=C1\C(=O)C(=O)N(c2ccc(F)c(Cl)c2)C1c1ccc(Cl)cc1. The summed E-state index contributed by atoms with van der Waals surface area (Å²) in [5.74, 6) is -2.51. The quantitative estimate of drug-likeness (QED) is 0.298. The first-order valence-corrected chi connectivity index (χ1v) is 10.2. The summed E-state index contributed by atoms with van der Waals surface area (Å²) in [4.78, 5) is 27.4. The lowest BCUT2D eigenvalue weighted by molar-refractivity contribution is -0.132. The maximum absolute atomic E-state index is 13.8. The number of anilines is 1. The molecule has 0 aromatic heterocycles. The van der Waals surface area contributed by atoms with Crippen molar-refractivity contribution in [1.82, 2.24) is 0 Å². The van der Waals surface area contributed by atoms with Gasteiger partial charge in [-0.1, -0.05) is 47.5 Å². The topological polar surface area (TPSA) is 66.8 Å². The number of ketones is 1. The van der Waals surface area contributed by atoms with Crippen molar-refractivity contribution in [3.8, 4) is 5.75 Å². The second-order valence-electron chi connectivity index (χ2n) is 7.02. The zero-order valence-corrected chi connectivity index (χ0v) is 18.2. The molecule has 1 fully saturated rings. The average Bonchev–Trinajstić information content (AvgIpc) is 3.06. The lowest BCUT2D eigenvalue weighted by Crippen LogP contribution is -2.29. The Morgan fingerprint density at radius 2 is 1.72 bits per heavy atom. The number of methoxy groups -OCH3 is 1. The van der Waals surface area contributed by atoms with E-state index in [0.717, 1.165) is 6.07 Å². The molecule has 8 heteroatoms. The van der Waals surface area contributed by atoms with Crippen LogP contribution in [0.1, 0.15) is 17.2 Å². The minimum atomic E-state index is -1.00. The number of benzene rings is 3. The molecule has 5 nitrogen and oxygen atoms in total. The van der Waals surface area contributed by atoms with Crippen LogP contribution in [0.5, 0.6) is 5.75 Å². The van der Waals surface area contributed by atoms with Crippen molar-refractivity contribution >= 4 is 46.3 Å². The number of ether oxygens (including phenoxy) is 1. The highest BCUT2D eigenvalue weighted by Crippen LogP contribution is 2.44. The molecule has 3 aromatic rings. The molecule has 1 heterocycles. The Hall–Kier alpha value is -3.35. The Kier molecular flexibility index (Phi) is 5.91. The molecule has 1 saturated heterocycles. The Balaban J connectivity index is 1.98. The minimum absolute atomic E-state index is 0.137. The maximum Gasteiger partial charge on any atom is 0.300 e. The molecule has 0 spiro atoms. The van der Waals surface area contributed by atoms with Crippen molar-refractivity contribution in [2.75, 3.05) is 12.0 Å². The third kappa shape index (κ3) is 3.72. The number of hydrogen-bond donors (Lipinski definition) is 1. The van der Waals surface area contributed by atoms with Crippen molar-refractivity contribution in [3.05, 3.63) is 99.3 Å². The molecule has 1 atom stereocenters. The number of aliphatic hydroxyl groups is 1. The number of carbonyl (C=O) groups is 2.